The Morgan fingerprint density at radius 2 is 2.28 bits per heavy atom. The summed E-state index contributed by atoms with van der Waals surface area (Å²) in [5.41, 5.74) is 5.57. The van der Waals surface area contributed by atoms with Crippen molar-refractivity contribution in [2.24, 2.45) is 5.73 Å². The first-order valence-electron chi connectivity index (χ1n) is 5.16. The fourth-order valence-corrected chi connectivity index (χ4v) is 1.79. The zero-order valence-electron chi connectivity index (χ0n) is 9.64. The number of nitrogens with zero attached hydrogens (tertiary/aromatic N) is 1. The van der Waals surface area contributed by atoms with Crippen molar-refractivity contribution >= 4 is 28.4 Å². The van der Waals surface area contributed by atoms with E-state index in [1.165, 1.54) is 6.07 Å². The Kier molecular flexibility index (Phi) is 3.53. The molecule has 18 heavy (non-hydrogen) atoms. The Bertz CT molecular complexity index is 601. The number of nitrogens with two attached hydrogens (primary N) is 1. The lowest BCUT2D eigenvalue weighted by Crippen LogP contribution is -2.20. The van der Waals surface area contributed by atoms with Gasteiger partial charge in [0.15, 0.2) is 6.61 Å². The van der Waals surface area contributed by atoms with Gasteiger partial charge in [0, 0.05) is 11.5 Å². The summed E-state index contributed by atoms with van der Waals surface area (Å²) in [5.74, 6) is 0.239. The lowest BCUT2D eigenvalue weighted by atomic mass is 10.2. The number of ether oxygens (including phenoxy) is 2. The monoisotopic (exact) mass is 266 g/mol. The van der Waals surface area contributed by atoms with Gasteiger partial charge in [0.05, 0.1) is 12.1 Å². The van der Waals surface area contributed by atoms with Gasteiger partial charge in [-0.25, -0.2) is 4.98 Å². The number of hydrogen-bond donors (Lipinski definition) is 1. The molecule has 0 unspecified atom stereocenters. The first-order chi connectivity index (χ1) is 8.61. The number of hydrogen-bond acceptors (Lipinski definition) is 4. The van der Waals surface area contributed by atoms with Crippen molar-refractivity contribution in [2.75, 3.05) is 13.7 Å². The summed E-state index contributed by atoms with van der Waals surface area (Å²) < 4.78 is 10.3. The number of amides is 1. The largest absolute Gasteiger partial charge is 0.494 e. The summed E-state index contributed by atoms with van der Waals surface area (Å²) in [7, 11) is 1.54. The number of carbonyl (C=O) groups excluding carboxylic acids is 1. The van der Waals surface area contributed by atoms with Gasteiger partial charge < -0.3 is 15.2 Å². The smallest absolute Gasteiger partial charge is 0.255 e. The Morgan fingerprint density at radius 3 is 2.94 bits per heavy atom. The first-order valence-corrected chi connectivity index (χ1v) is 5.54. The van der Waals surface area contributed by atoms with Gasteiger partial charge in [-0.1, -0.05) is 23.7 Å². The predicted molar refractivity (Wildman–Crippen MR) is 68.0 cm³/mol. The Morgan fingerprint density at radius 1 is 1.50 bits per heavy atom. The maximum absolute atomic E-state index is 10.7. The van der Waals surface area contributed by atoms with E-state index in [1.807, 2.05) is 12.1 Å². The first kappa shape index (κ1) is 12.4. The van der Waals surface area contributed by atoms with E-state index in [0.29, 0.717) is 16.3 Å². The lowest BCUT2D eigenvalue weighted by molar-refractivity contribution is -0.120. The molecule has 0 aliphatic carbocycles. The molecule has 2 rings (SSSR count). The van der Waals surface area contributed by atoms with Crippen molar-refractivity contribution in [1.29, 1.82) is 0 Å². The highest BCUT2D eigenvalue weighted by Gasteiger charge is 2.09. The highest BCUT2D eigenvalue weighted by Crippen LogP contribution is 2.31. The van der Waals surface area contributed by atoms with Crippen LogP contribution in [0.5, 0.6) is 11.6 Å². The molecular formula is C12H11ClN2O3. The molecular weight excluding hydrogens is 256 g/mol. The number of rotatable bonds is 4. The van der Waals surface area contributed by atoms with Crippen LogP contribution < -0.4 is 15.2 Å². The van der Waals surface area contributed by atoms with Crippen molar-refractivity contribution in [2.45, 2.75) is 0 Å². The third-order valence-electron chi connectivity index (χ3n) is 2.31. The van der Waals surface area contributed by atoms with Crippen LogP contribution in [0.15, 0.2) is 24.3 Å². The van der Waals surface area contributed by atoms with Crippen molar-refractivity contribution < 1.29 is 14.3 Å². The van der Waals surface area contributed by atoms with E-state index >= 15 is 0 Å². The molecule has 0 bridgehead atoms. The molecule has 1 heterocycles. The van der Waals surface area contributed by atoms with Crippen LogP contribution in [0.3, 0.4) is 0 Å². The van der Waals surface area contributed by atoms with E-state index in [2.05, 4.69) is 4.98 Å². The van der Waals surface area contributed by atoms with Crippen LogP contribution in [0.2, 0.25) is 5.02 Å². The maximum atomic E-state index is 10.7. The second-order valence-electron chi connectivity index (χ2n) is 3.55. The average Bonchev–Trinajstić information content (AvgIpc) is 2.36. The summed E-state index contributed by atoms with van der Waals surface area (Å²) in [4.78, 5) is 14.9. The van der Waals surface area contributed by atoms with Gasteiger partial charge >= 0.3 is 0 Å². The third kappa shape index (κ3) is 2.46. The summed E-state index contributed by atoms with van der Waals surface area (Å²) >= 11 is 6.11. The number of fused-ring (bicyclic) bond motifs is 1. The molecule has 0 fully saturated rings. The second-order valence-corrected chi connectivity index (χ2v) is 3.96. The van der Waals surface area contributed by atoms with E-state index in [0.717, 1.165) is 5.39 Å². The normalized spacial score (nSPS) is 10.3. The van der Waals surface area contributed by atoms with Crippen LogP contribution >= 0.6 is 11.6 Å². The van der Waals surface area contributed by atoms with Crippen LogP contribution in [0.1, 0.15) is 0 Å². The molecule has 1 aromatic heterocycles. The Labute approximate surface area is 108 Å². The molecule has 0 aliphatic rings. The number of pyridine rings is 1. The van der Waals surface area contributed by atoms with Gasteiger partial charge in [0.1, 0.15) is 11.3 Å². The van der Waals surface area contributed by atoms with Crippen LogP contribution in [0.4, 0.5) is 0 Å². The minimum atomic E-state index is -0.576. The van der Waals surface area contributed by atoms with Crippen LogP contribution in [0.25, 0.3) is 10.9 Å². The fraction of sp³-hybridized carbons (Fsp3) is 0.167. The SMILES string of the molecule is COc1cccc2c(Cl)cc(OCC(N)=O)nc12. The summed E-state index contributed by atoms with van der Waals surface area (Å²) in [6, 6.07) is 6.94. The number of carbonyl (C=O) groups is 1. The quantitative estimate of drug-likeness (QED) is 0.915. The van der Waals surface area contributed by atoms with E-state index in [4.69, 9.17) is 26.8 Å². The van der Waals surface area contributed by atoms with Crippen molar-refractivity contribution in [1.82, 2.24) is 4.98 Å². The Balaban J connectivity index is 2.49. The molecule has 0 saturated heterocycles. The van der Waals surface area contributed by atoms with Gasteiger partial charge in [-0.15, -0.1) is 0 Å². The van der Waals surface area contributed by atoms with Crippen molar-refractivity contribution in [3.8, 4) is 11.6 Å². The molecule has 1 aromatic carbocycles. The van der Waals surface area contributed by atoms with Crippen LogP contribution in [-0.2, 0) is 4.79 Å². The number of methoxy groups -OCH3 is 1. The molecule has 1 amide bonds. The number of para-hydroxylation sites is 1. The fourth-order valence-electron chi connectivity index (χ4n) is 1.54. The summed E-state index contributed by atoms with van der Waals surface area (Å²) in [5, 5.41) is 1.22. The number of benzene rings is 1. The van der Waals surface area contributed by atoms with Crippen LogP contribution in [-0.4, -0.2) is 24.6 Å². The Hall–Kier alpha value is -2.01. The molecule has 0 aliphatic heterocycles. The highest BCUT2D eigenvalue weighted by molar-refractivity contribution is 6.35. The van der Waals surface area contributed by atoms with E-state index in [-0.39, 0.29) is 12.5 Å². The molecule has 0 atom stereocenters. The highest BCUT2D eigenvalue weighted by atomic mass is 35.5. The lowest BCUT2D eigenvalue weighted by Gasteiger charge is -2.08. The van der Waals surface area contributed by atoms with E-state index in [9.17, 15) is 4.79 Å². The maximum Gasteiger partial charge on any atom is 0.255 e. The van der Waals surface area contributed by atoms with Crippen molar-refractivity contribution in [3.05, 3.63) is 29.3 Å². The molecule has 2 aromatic rings. The number of aromatic nitrogens is 1. The number of primary amides is 1. The standard InChI is InChI=1S/C12H11ClN2O3/c1-17-9-4-2-3-7-8(13)5-11(15-12(7)9)18-6-10(14)16/h2-5H,6H2,1H3,(H2,14,16). The topological polar surface area (TPSA) is 74.4 Å². The minimum Gasteiger partial charge on any atom is -0.494 e. The molecule has 0 spiro atoms. The van der Waals surface area contributed by atoms with Crippen molar-refractivity contribution in [3.63, 3.8) is 0 Å². The van der Waals surface area contributed by atoms with Gasteiger partial charge in [-0.3, -0.25) is 4.79 Å². The molecule has 0 radical (unpaired) electrons. The molecule has 6 heteroatoms. The zero-order valence-corrected chi connectivity index (χ0v) is 10.4. The minimum absolute atomic E-state index is 0.232. The van der Waals surface area contributed by atoms with E-state index in [1.54, 1.807) is 13.2 Å². The molecule has 2 N–H and O–H groups in total. The predicted octanol–water partition coefficient (Wildman–Crippen LogP) is 1.76. The molecule has 0 saturated carbocycles. The second kappa shape index (κ2) is 5.10. The average molecular weight is 267 g/mol. The number of halogens is 1. The van der Waals surface area contributed by atoms with Gasteiger partial charge in [0.25, 0.3) is 5.91 Å². The van der Waals surface area contributed by atoms with E-state index < -0.39 is 5.91 Å². The molecule has 5 nitrogen and oxygen atoms in total. The molecule has 94 valence electrons. The summed E-state index contributed by atoms with van der Waals surface area (Å²) in [6.07, 6.45) is 0. The van der Waals surface area contributed by atoms with Gasteiger partial charge in [0.2, 0.25) is 5.88 Å². The zero-order chi connectivity index (χ0) is 13.1. The van der Waals surface area contributed by atoms with Gasteiger partial charge in [-0.2, -0.15) is 0 Å². The third-order valence-corrected chi connectivity index (χ3v) is 2.62. The van der Waals surface area contributed by atoms with Crippen LogP contribution in [0, 0.1) is 0 Å². The summed E-state index contributed by atoms with van der Waals surface area (Å²) in [6.45, 7) is -0.246. The van der Waals surface area contributed by atoms with Gasteiger partial charge in [-0.05, 0) is 6.07 Å².